The lowest BCUT2D eigenvalue weighted by Gasteiger charge is -2.41. The lowest BCUT2D eigenvalue weighted by Crippen LogP contribution is -2.43. The van der Waals surface area contributed by atoms with Gasteiger partial charge in [0.05, 0.1) is 5.60 Å². The Morgan fingerprint density at radius 1 is 0.958 bits per heavy atom. The fourth-order valence-electron chi connectivity index (χ4n) is 3.71. The van der Waals surface area contributed by atoms with Gasteiger partial charge in [-0.2, -0.15) is 0 Å². The summed E-state index contributed by atoms with van der Waals surface area (Å²) in [7, 11) is 4.20. The van der Waals surface area contributed by atoms with Crippen LogP contribution in [0.4, 0.5) is 0 Å². The van der Waals surface area contributed by atoms with Crippen LogP contribution in [-0.4, -0.2) is 29.7 Å². The highest BCUT2D eigenvalue weighted by molar-refractivity contribution is 5.21. The van der Waals surface area contributed by atoms with Gasteiger partial charge in [0.1, 0.15) is 0 Å². The van der Waals surface area contributed by atoms with Crippen LogP contribution in [0.3, 0.4) is 0 Å². The molecule has 0 aromatic heterocycles. The van der Waals surface area contributed by atoms with E-state index in [0.717, 1.165) is 19.3 Å². The molecule has 0 aliphatic carbocycles. The van der Waals surface area contributed by atoms with Crippen LogP contribution in [-0.2, 0) is 6.42 Å². The van der Waals surface area contributed by atoms with Crippen LogP contribution in [0.25, 0.3) is 0 Å². The van der Waals surface area contributed by atoms with Crippen molar-refractivity contribution in [3.63, 3.8) is 0 Å². The lowest BCUT2D eigenvalue weighted by atomic mass is 9.75. The quantitative estimate of drug-likeness (QED) is 0.760. The molecule has 3 unspecified atom stereocenters. The number of benzene rings is 2. The molecule has 2 aromatic carbocycles. The Morgan fingerprint density at radius 3 is 2.00 bits per heavy atom. The van der Waals surface area contributed by atoms with E-state index in [1.807, 2.05) is 12.1 Å². The Labute approximate surface area is 147 Å². The van der Waals surface area contributed by atoms with E-state index in [1.165, 1.54) is 11.1 Å². The molecule has 0 saturated carbocycles. The van der Waals surface area contributed by atoms with Crippen LogP contribution in [0, 0.1) is 5.92 Å². The highest BCUT2D eigenvalue weighted by Crippen LogP contribution is 2.38. The molecule has 2 heteroatoms. The molecule has 0 heterocycles. The third kappa shape index (κ3) is 4.46. The van der Waals surface area contributed by atoms with Gasteiger partial charge >= 0.3 is 0 Å². The zero-order valence-corrected chi connectivity index (χ0v) is 15.4. The van der Waals surface area contributed by atoms with E-state index < -0.39 is 5.60 Å². The Hall–Kier alpha value is -1.64. The van der Waals surface area contributed by atoms with E-state index in [0.29, 0.717) is 0 Å². The van der Waals surface area contributed by atoms with Crippen molar-refractivity contribution in [2.24, 2.45) is 5.92 Å². The molecule has 0 aliphatic rings. The summed E-state index contributed by atoms with van der Waals surface area (Å²) in [6, 6.07) is 21.2. The van der Waals surface area contributed by atoms with Gasteiger partial charge in [-0.3, -0.25) is 0 Å². The highest BCUT2D eigenvalue weighted by atomic mass is 16.3. The van der Waals surface area contributed by atoms with Gasteiger partial charge in [-0.1, -0.05) is 74.5 Å². The third-order valence-corrected chi connectivity index (χ3v) is 5.32. The number of nitrogens with zero attached hydrogens (tertiary/aromatic N) is 1. The van der Waals surface area contributed by atoms with Crippen LogP contribution in [0.1, 0.15) is 43.9 Å². The molecular formula is C22H31NO. The second kappa shape index (κ2) is 8.46. The molecule has 0 fully saturated rings. The summed E-state index contributed by atoms with van der Waals surface area (Å²) in [4.78, 5) is 2.23. The van der Waals surface area contributed by atoms with Gasteiger partial charge in [0.2, 0.25) is 0 Å². The van der Waals surface area contributed by atoms with Crippen molar-refractivity contribution in [1.29, 1.82) is 0 Å². The second-order valence-corrected chi connectivity index (χ2v) is 7.05. The van der Waals surface area contributed by atoms with Crippen LogP contribution < -0.4 is 0 Å². The van der Waals surface area contributed by atoms with Crippen molar-refractivity contribution in [2.75, 3.05) is 14.1 Å². The van der Waals surface area contributed by atoms with E-state index in [2.05, 4.69) is 81.4 Å². The van der Waals surface area contributed by atoms with Crippen molar-refractivity contribution in [3.05, 3.63) is 71.8 Å². The van der Waals surface area contributed by atoms with Gasteiger partial charge in [0.25, 0.3) is 0 Å². The maximum atomic E-state index is 11.4. The van der Waals surface area contributed by atoms with E-state index in [-0.39, 0.29) is 12.0 Å². The van der Waals surface area contributed by atoms with Gasteiger partial charge < -0.3 is 10.0 Å². The van der Waals surface area contributed by atoms with Gasteiger partial charge in [-0.05, 0) is 44.5 Å². The first-order valence-electron chi connectivity index (χ1n) is 8.95. The Kier molecular flexibility index (Phi) is 6.59. The van der Waals surface area contributed by atoms with E-state index in [9.17, 15) is 5.11 Å². The van der Waals surface area contributed by atoms with Crippen molar-refractivity contribution in [2.45, 2.75) is 44.8 Å². The summed E-state index contributed by atoms with van der Waals surface area (Å²) in [5, 5.41) is 11.4. The normalized spacial score (nSPS) is 16.6. The molecule has 24 heavy (non-hydrogen) atoms. The fraction of sp³-hybridized carbons (Fsp3) is 0.455. The molecule has 0 amide bonds. The molecule has 0 bridgehead atoms. The molecule has 0 aliphatic heterocycles. The summed E-state index contributed by atoms with van der Waals surface area (Å²) >= 11 is 0. The third-order valence-electron chi connectivity index (χ3n) is 5.32. The topological polar surface area (TPSA) is 23.5 Å². The Bertz CT molecular complexity index is 596. The predicted octanol–water partition coefficient (Wildman–Crippen LogP) is 4.70. The first-order valence-corrected chi connectivity index (χ1v) is 8.95. The predicted molar refractivity (Wildman–Crippen MR) is 102 cm³/mol. The molecule has 3 atom stereocenters. The average molecular weight is 325 g/mol. The number of hydrogen-bond acceptors (Lipinski definition) is 2. The zero-order chi connectivity index (χ0) is 17.6. The largest absolute Gasteiger partial charge is 0.390 e. The van der Waals surface area contributed by atoms with Gasteiger partial charge in [-0.15, -0.1) is 0 Å². The Morgan fingerprint density at radius 2 is 1.50 bits per heavy atom. The van der Waals surface area contributed by atoms with Crippen LogP contribution in [0.5, 0.6) is 0 Å². The number of hydrogen-bond donors (Lipinski definition) is 1. The summed E-state index contributed by atoms with van der Waals surface area (Å²) in [6.07, 6.45) is 2.45. The summed E-state index contributed by atoms with van der Waals surface area (Å²) in [5.74, 6) is 0.142. The van der Waals surface area contributed by atoms with E-state index in [4.69, 9.17) is 0 Å². The van der Waals surface area contributed by atoms with E-state index >= 15 is 0 Å². The van der Waals surface area contributed by atoms with Crippen molar-refractivity contribution < 1.29 is 5.11 Å². The SMILES string of the molecule is CCC(O)(CCc1ccccc1)C(C)C(c1ccccc1)N(C)C. The minimum absolute atomic E-state index is 0.142. The zero-order valence-electron chi connectivity index (χ0n) is 15.4. The average Bonchev–Trinajstić information content (AvgIpc) is 2.61. The van der Waals surface area contributed by atoms with Crippen LogP contribution >= 0.6 is 0 Å². The first-order chi connectivity index (χ1) is 11.5. The van der Waals surface area contributed by atoms with E-state index in [1.54, 1.807) is 0 Å². The minimum atomic E-state index is -0.680. The Balaban J connectivity index is 2.19. The summed E-state index contributed by atoms with van der Waals surface area (Å²) < 4.78 is 0. The highest BCUT2D eigenvalue weighted by Gasteiger charge is 2.38. The fourth-order valence-corrected chi connectivity index (χ4v) is 3.71. The van der Waals surface area contributed by atoms with Gasteiger partial charge in [-0.25, -0.2) is 0 Å². The van der Waals surface area contributed by atoms with Crippen molar-refractivity contribution in [3.8, 4) is 0 Å². The second-order valence-electron chi connectivity index (χ2n) is 7.05. The lowest BCUT2D eigenvalue weighted by molar-refractivity contribution is -0.0519. The number of aryl methyl sites for hydroxylation is 1. The van der Waals surface area contributed by atoms with Gasteiger partial charge in [0, 0.05) is 12.0 Å². The molecule has 0 radical (unpaired) electrons. The first kappa shape index (κ1) is 18.7. The van der Waals surface area contributed by atoms with Crippen molar-refractivity contribution >= 4 is 0 Å². The summed E-state index contributed by atoms with van der Waals surface area (Å²) in [6.45, 7) is 4.28. The van der Waals surface area contributed by atoms with Crippen LogP contribution in [0.2, 0.25) is 0 Å². The molecule has 2 nitrogen and oxygen atoms in total. The molecule has 130 valence electrons. The van der Waals surface area contributed by atoms with Crippen LogP contribution in [0.15, 0.2) is 60.7 Å². The van der Waals surface area contributed by atoms with Gasteiger partial charge in [0.15, 0.2) is 0 Å². The molecule has 1 N–H and O–H groups in total. The summed E-state index contributed by atoms with van der Waals surface area (Å²) in [5.41, 5.74) is 1.87. The van der Waals surface area contributed by atoms with Crippen molar-refractivity contribution in [1.82, 2.24) is 4.90 Å². The molecule has 0 saturated heterocycles. The smallest absolute Gasteiger partial charge is 0.0692 e. The molecular weight excluding hydrogens is 294 g/mol. The molecule has 0 spiro atoms. The number of aliphatic hydroxyl groups is 1. The standard InChI is InChI=1S/C22H31NO/c1-5-22(24,17-16-19-12-8-6-9-13-19)18(2)21(23(3)4)20-14-10-7-11-15-20/h6-15,18,21,24H,5,16-17H2,1-4H3. The molecule has 2 rings (SSSR count). The maximum absolute atomic E-state index is 11.4. The molecule has 2 aromatic rings. The minimum Gasteiger partial charge on any atom is -0.390 e. The monoisotopic (exact) mass is 325 g/mol. The maximum Gasteiger partial charge on any atom is 0.0692 e. The number of rotatable bonds is 8.